The summed E-state index contributed by atoms with van der Waals surface area (Å²) < 4.78 is 20.7. The topological polar surface area (TPSA) is 38.8 Å². The number of rotatable bonds is 3. The summed E-state index contributed by atoms with van der Waals surface area (Å²) in [5.74, 6) is 0.646. The Bertz CT molecular complexity index is 561. The smallest absolute Gasteiger partial charge is 0.249 e. The fourth-order valence-corrected chi connectivity index (χ4v) is 2.54. The van der Waals surface area contributed by atoms with Gasteiger partial charge in [0.05, 0.1) is 16.4 Å². The van der Waals surface area contributed by atoms with Crippen LogP contribution in [0.15, 0.2) is 18.2 Å². The number of hydrogen-bond donors (Lipinski definition) is 0. The molecule has 0 spiro atoms. The van der Waals surface area contributed by atoms with E-state index >= 15 is 0 Å². The maximum Gasteiger partial charge on any atom is 0.249 e. The lowest BCUT2D eigenvalue weighted by Crippen LogP contribution is -2.27. The molecule has 0 aromatic heterocycles. The summed E-state index contributed by atoms with van der Waals surface area (Å²) in [6.45, 7) is -1.64. The first-order valence-electron chi connectivity index (χ1n) is 7.05. The summed E-state index contributed by atoms with van der Waals surface area (Å²) in [7, 11) is 3.08. The number of ether oxygens (including phenoxy) is 1. The predicted molar refractivity (Wildman–Crippen MR) is 66.3 cm³/mol. The maximum atomic E-state index is 12.0. The Balaban J connectivity index is 1.82. The second-order valence-electron chi connectivity index (χ2n) is 4.71. The van der Waals surface area contributed by atoms with Crippen LogP contribution in [-0.4, -0.2) is 31.7 Å². The Morgan fingerprint density at radius 1 is 1.61 bits per heavy atom. The highest BCUT2D eigenvalue weighted by Gasteiger charge is 2.46. The van der Waals surface area contributed by atoms with Crippen LogP contribution in [0.25, 0.3) is 0 Å². The van der Waals surface area contributed by atoms with E-state index < -0.39 is 6.56 Å². The first-order chi connectivity index (χ1) is 9.43. The van der Waals surface area contributed by atoms with Gasteiger partial charge in [0, 0.05) is 24.9 Å². The van der Waals surface area contributed by atoms with Gasteiger partial charge in [0.2, 0.25) is 5.91 Å². The largest absolute Gasteiger partial charge is 0.493 e. The van der Waals surface area contributed by atoms with E-state index in [0.717, 1.165) is 17.5 Å². The van der Waals surface area contributed by atoms with E-state index in [9.17, 15) is 4.79 Å². The second-order valence-corrected chi connectivity index (χ2v) is 4.71. The van der Waals surface area contributed by atoms with Crippen molar-refractivity contribution in [2.45, 2.75) is 18.8 Å². The number of benzene rings is 1. The SMILES string of the molecule is [2H]C1([2H])Cc2c(cccc2[C@@H]2C[C@H]2C(=O)N(C)OC)O1. The van der Waals surface area contributed by atoms with Gasteiger partial charge in [-0.25, -0.2) is 5.06 Å². The van der Waals surface area contributed by atoms with E-state index in [1.54, 1.807) is 13.1 Å². The van der Waals surface area contributed by atoms with Gasteiger partial charge in [0.25, 0.3) is 0 Å². The van der Waals surface area contributed by atoms with Crippen LogP contribution in [0.1, 0.15) is 26.2 Å². The third-order valence-electron chi connectivity index (χ3n) is 3.69. The fourth-order valence-electron chi connectivity index (χ4n) is 2.54. The molecule has 1 aliphatic carbocycles. The lowest BCUT2D eigenvalue weighted by molar-refractivity contribution is -0.170. The van der Waals surface area contributed by atoms with E-state index in [1.807, 2.05) is 12.1 Å². The van der Waals surface area contributed by atoms with Crippen LogP contribution >= 0.6 is 0 Å². The lowest BCUT2D eigenvalue weighted by Gasteiger charge is -2.13. The molecule has 3 rings (SSSR count). The van der Waals surface area contributed by atoms with E-state index in [-0.39, 0.29) is 24.2 Å². The van der Waals surface area contributed by atoms with Crippen LogP contribution in [-0.2, 0) is 16.1 Å². The maximum absolute atomic E-state index is 12.0. The van der Waals surface area contributed by atoms with E-state index in [1.165, 1.54) is 12.2 Å². The molecule has 4 nitrogen and oxygen atoms in total. The molecule has 4 heteroatoms. The van der Waals surface area contributed by atoms with E-state index in [0.29, 0.717) is 5.75 Å². The summed E-state index contributed by atoms with van der Waals surface area (Å²) in [4.78, 5) is 17.0. The average molecular weight is 249 g/mol. The molecule has 1 fully saturated rings. The van der Waals surface area contributed by atoms with Crippen LogP contribution in [0.5, 0.6) is 5.75 Å². The Morgan fingerprint density at radius 3 is 3.22 bits per heavy atom. The Labute approximate surface area is 109 Å². The molecule has 18 heavy (non-hydrogen) atoms. The van der Waals surface area contributed by atoms with Crippen molar-refractivity contribution in [3.8, 4) is 5.75 Å². The van der Waals surface area contributed by atoms with Crippen molar-refractivity contribution in [1.82, 2.24) is 5.06 Å². The van der Waals surface area contributed by atoms with E-state index in [4.69, 9.17) is 12.3 Å². The zero-order valence-electron chi connectivity index (χ0n) is 12.5. The molecule has 0 bridgehead atoms. The molecule has 1 aromatic carbocycles. The molecule has 0 N–H and O–H groups in total. The van der Waals surface area contributed by atoms with Crippen LogP contribution in [0, 0.1) is 5.92 Å². The van der Waals surface area contributed by atoms with Crippen molar-refractivity contribution >= 4 is 5.91 Å². The molecular weight excluding hydrogens is 230 g/mol. The van der Waals surface area contributed by atoms with Gasteiger partial charge in [-0.15, -0.1) is 0 Å². The monoisotopic (exact) mass is 249 g/mol. The molecule has 2 atom stereocenters. The first kappa shape index (κ1) is 9.39. The third kappa shape index (κ3) is 1.77. The molecule has 0 unspecified atom stereocenters. The minimum absolute atomic E-state index is 0.0305. The van der Waals surface area contributed by atoms with Crippen molar-refractivity contribution in [1.29, 1.82) is 0 Å². The highest BCUT2D eigenvalue weighted by atomic mass is 16.7. The van der Waals surface area contributed by atoms with Crippen LogP contribution in [0.2, 0.25) is 0 Å². The highest BCUT2D eigenvalue weighted by molar-refractivity contribution is 5.82. The Morgan fingerprint density at radius 2 is 2.44 bits per heavy atom. The van der Waals surface area contributed by atoms with Gasteiger partial charge in [-0.05, 0) is 24.0 Å². The molecule has 1 aliphatic heterocycles. The van der Waals surface area contributed by atoms with Crippen molar-refractivity contribution in [2.75, 3.05) is 20.7 Å². The van der Waals surface area contributed by atoms with Crippen molar-refractivity contribution in [3.63, 3.8) is 0 Å². The summed E-state index contributed by atoms with van der Waals surface area (Å²) >= 11 is 0. The second kappa shape index (κ2) is 4.28. The number of carbonyl (C=O) groups is 1. The quantitative estimate of drug-likeness (QED) is 0.766. The minimum Gasteiger partial charge on any atom is -0.493 e. The van der Waals surface area contributed by atoms with Gasteiger partial charge in [0.1, 0.15) is 5.75 Å². The standard InChI is InChI=1S/C14H17NO3/c1-15(17-2)14(16)12-8-11(12)9-4-3-5-13-10(9)6-7-18-13/h3-5,11-12H,6-8H2,1-2H3/t11-,12+/m0/s1/i7D2. The number of nitrogens with zero attached hydrogens (tertiary/aromatic N) is 1. The molecular formula is C14H17NO3. The van der Waals surface area contributed by atoms with Gasteiger partial charge < -0.3 is 4.74 Å². The van der Waals surface area contributed by atoms with Gasteiger partial charge in [-0.3, -0.25) is 9.63 Å². The first-order valence-corrected chi connectivity index (χ1v) is 6.05. The number of amides is 1. The normalized spacial score (nSPS) is 28.8. The van der Waals surface area contributed by atoms with Gasteiger partial charge in [-0.2, -0.15) is 0 Å². The molecule has 1 amide bonds. The number of hydroxylamine groups is 2. The minimum atomic E-state index is -1.64. The molecule has 0 saturated heterocycles. The number of fused-ring (bicyclic) bond motifs is 1. The predicted octanol–water partition coefficient (Wildman–Crippen LogP) is 1.74. The van der Waals surface area contributed by atoms with Crippen LogP contribution < -0.4 is 4.74 Å². The molecule has 1 aromatic rings. The van der Waals surface area contributed by atoms with Crippen LogP contribution in [0.4, 0.5) is 0 Å². The summed E-state index contributed by atoms with van der Waals surface area (Å²) in [5.41, 5.74) is 1.93. The average Bonchev–Trinajstić information content (AvgIpc) is 3.12. The number of carbonyl (C=O) groups excluding carboxylic acids is 1. The van der Waals surface area contributed by atoms with Crippen molar-refractivity contribution < 1.29 is 17.1 Å². The summed E-state index contributed by atoms with van der Waals surface area (Å²) in [6.07, 6.45) is 1.03. The van der Waals surface area contributed by atoms with E-state index in [2.05, 4.69) is 0 Å². The highest BCUT2D eigenvalue weighted by Crippen LogP contribution is 2.51. The van der Waals surface area contributed by atoms with Gasteiger partial charge in [0.15, 0.2) is 0 Å². The summed E-state index contributed by atoms with van der Waals surface area (Å²) in [6, 6.07) is 5.61. The lowest BCUT2D eigenvalue weighted by atomic mass is 10.00. The fraction of sp³-hybridized carbons (Fsp3) is 0.500. The summed E-state index contributed by atoms with van der Waals surface area (Å²) in [5, 5.41) is 1.25. The molecule has 1 saturated carbocycles. The zero-order chi connectivity index (χ0) is 14.5. The van der Waals surface area contributed by atoms with Crippen molar-refractivity contribution in [2.24, 2.45) is 5.92 Å². The van der Waals surface area contributed by atoms with Crippen molar-refractivity contribution in [3.05, 3.63) is 29.3 Å². The van der Waals surface area contributed by atoms with Gasteiger partial charge in [-0.1, -0.05) is 12.1 Å². The Hall–Kier alpha value is -1.55. The molecule has 1 heterocycles. The molecule has 96 valence electrons. The third-order valence-corrected chi connectivity index (χ3v) is 3.69. The molecule has 2 aliphatic rings. The van der Waals surface area contributed by atoms with Crippen LogP contribution in [0.3, 0.4) is 0 Å². The molecule has 0 radical (unpaired) electrons. The van der Waals surface area contributed by atoms with Gasteiger partial charge >= 0.3 is 0 Å². The number of hydrogen-bond acceptors (Lipinski definition) is 3. The Kier molecular flexibility index (Phi) is 2.23. The zero-order valence-corrected chi connectivity index (χ0v) is 10.5.